The van der Waals surface area contributed by atoms with Gasteiger partial charge in [0.25, 0.3) is 0 Å². The molecule has 94 valence electrons. The molecule has 1 aromatic rings. The average Bonchev–Trinajstić information content (AvgIpc) is 2.36. The summed E-state index contributed by atoms with van der Waals surface area (Å²) in [7, 11) is 4.85. The summed E-state index contributed by atoms with van der Waals surface area (Å²) in [6.07, 6.45) is 1.95. The SMILES string of the molecule is CNCC(=O)c1ccc(SC)c(OC)c1OC. The Labute approximate surface area is 106 Å². The molecule has 17 heavy (non-hydrogen) atoms. The van der Waals surface area contributed by atoms with Crippen LogP contribution in [-0.4, -0.2) is 39.9 Å². The predicted octanol–water partition coefficient (Wildman–Crippen LogP) is 1.83. The molecule has 0 amide bonds. The number of hydrogen-bond donors (Lipinski definition) is 1. The fraction of sp³-hybridized carbons (Fsp3) is 0.417. The fourth-order valence-corrected chi connectivity index (χ4v) is 2.14. The third-order valence-electron chi connectivity index (χ3n) is 2.34. The van der Waals surface area contributed by atoms with Gasteiger partial charge in [-0.25, -0.2) is 0 Å². The maximum atomic E-state index is 11.9. The second-order valence-electron chi connectivity index (χ2n) is 3.34. The van der Waals surface area contributed by atoms with Crippen molar-refractivity contribution in [2.45, 2.75) is 4.90 Å². The van der Waals surface area contributed by atoms with Crippen molar-refractivity contribution in [3.63, 3.8) is 0 Å². The number of thioether (sulfide) groups is 1. The van der Waals surface area contributed by atoms with Crippen molar-refractivity contribution >= 4 is 17.5 Å². The van der Waals surface area contributed by atoms with E-state index in [4.69, 9.17) is 9.47 Å². The molecule has 0 aliphatic heterocycles. The van der Waals surface area contributed by atoms with E-state index in [2.05, 4.69) is 5.32 Å². The van der Waals surface area contributed by atoms with E-state index in [9.17, 15) is 4.79 Å². The van der Waals surface area contributed by atoms with E-state index in [1.54, 1.807) is 32.0 Å². The number of likely N-dealkylation sites (N-methyl/N-ethyl adjacent to an activating group) is 1. The van der Waals surface area contributed by atoms with E-state index in [0.717, 1.165) is 4.90 Å². The highest BCUT2D eigenvalue weighted by Gasteiger charge is 2.18. The number of nitrogens with one attached hydrogen (secondary N) is 1. The Morgan fingerprint density at radius 3 is 2.41 bits per heavy atom. The van der Waals surface area contributed by atoms with Crippen molar-refractivity contribution in [1.29, 1.82) is 0 Å². The Bertz CT molecular complexity index is 407. The first-order chi connectivity index (χ1) is 8.19. The monoisotopic (exact) mass is 255 g/mol. The molecule has 0 heterocycles. The second-order valence-corrected chi connectivity index (χ2v) is 4.18. The summed E-state index contributed by atoms with van der Waals surface area (Å²) < 4.78 is 10.6. The summed E-state index contributed by atoms with van der Waals surface area (Å²) in [5, 5.41) is 2.83. The van der Waals surface area contributed by atoms with Crippen LogP contribution in [-0.2, 0) is 0 Å². The van der Waals surface area contributed by atoms with Gasteiger partial charge in [0.05, 0.1) is 31.2 Å². The molecule has 0 fully saturated rings. The molecule has 4 nitrogen and oxygen atoms in total. The van der Waals surface area contributed by atoms with Crippen LogP contribution in [0.15, 0.2) is 17.0 Å². The number of benzene rings is 1. The third kappa shape index (κ3) is 2.92. The molecule has 0 saturated heterocycles. The van der Waals surface area contributed by atoms with Gasteiger partial charge in [-0.05, 0) is 25.4 Å². The molecule has 0 spiro atoms. The van der Waals surface area contributed by atoms with Crippen LogP contribution >= 0.6 is 11.8 Å². The lowest BCUT2D eigenvalue weighted by Gasteiger charge is -2.14. The van der Waals surface area contributed by atoms with Crippen molar-refractivity contribution < 1.29 is 14.3 Å². The van der Waals surface area contributed by atoms with Gasteiger partial charge in [0.2, 0.25) is 0 Å². The third-order valence-corrected chi connectivity index (χ3v) is 3.10. The summed E-state index contributed by atoms with van der Waals surface area (Å²) in [6, 6.07) is 3.64. The van der Waals surface area contributed by atoms with Crippen molar-refractivity contribution in [1.82, 2.24) is 5.32 Å². The summed E-state index contributed by atoms with van der Waals surface area (Å²) in [6.45, 7) is 0.276. The van der Waals surface area contributed by atoms with Crippen molar-refractivity contribution in [3.8, 4) is 11.5 Å². The van der Waals surface area contributed by atoms with Gasteiger partial charge in [-0.3, -0.25) is 4.79 Å². The second kappa shape index (κ2) is 6.51. The first-order valence-corrected chi connectivity index (χ1v) is 6.38. The van der Waals surface area contributed by atoms with Crippen molar-refractivity contribution in [3.05, 3.63) is 17.7 Å². The molecule has 0 aliphatic carbocycles. The number of ether oxygens (including phenoxy) is 2. The molecule has 0 bridgehead atoms. The average molecular weight is 255 g/mol. The zero-order valence-electron chi connectivity index (χ0n) is 10.5. The topological polar surface area (TPSA) is 47.6 Å². The zero-order valence-corrected chi connectivity index (χ0v) is 11.3. The highest BCUT2D eigenvalue weighted by molar-refractivity contribution is 7.98. The number of carbonyl (C=O) groups excluding carboxylic acids is 1. The lowest BCUT2D eigenvalue weighted by atomic mass is 10.1. The Kier molecular flexibility index (Phi) is 5.31. The number of Topliss-reactive ketones (excluding diaryl/α,β-unsaturated/α-hetero) is 1. The van der Waals surface area contributed by atoms with Crippen LogP contribution in [0.3, 0.4) is 0 Å². The fourth-order valence-electron chi connectivity index (χ4n) is 1.58. The molecule has 0 saturated carbocycles. The predicted molar refractivity (Wildman–Crippen MR) is 69.6 cm³/mol. The van der Waals surface area contributed by atoms with Gasteiger partial charge >= 0.3 is 0 Å². The lowest BCUT2D eigenvalue weighted by molar-refractivity contribution is 0.0990. The van der Waals surface area contributed by atoms with Crippen LogP contribution in [0.4, 0.5) is 0 Å². The zero-order chi connectivity index (χ0) is 12.8. The quantitative estimate of drug-likeness (QED) is 0.620. The molecular weight excluding hydrogens is 238 g/mol. The molecule has 0 atom stereocenters. The number of rotatable bonds is 6. The maximum absolute atomic E-state index is 11.9. The molecule has 0 radical (unpaired) electrons. The van der Waals surface area contributed by atoms with Gasteiger partial charge < -0.3 is 14.8 Å². The van der Waals surface area contributed by atoms with E-state index in [1.807, 2.05) is 12.3 Å². The Hall–Kier alpha value is -1.20. The summed E-state index contributed by atoms with van der Waals surface area (Å²) in [5.41, 5.74) is 0.538. The minimum Gasteiger partial charge on any atom is -0.492 e. The van der Waals surface area contributed by atoms with Gasteiger partial charge in [0, 0.05) is 0 Å². The molecule has 0 aromatic heterocycles. The van der Waals surface area contributed by atoms with Gasteiger partial charge in [-0.15, -0.1) is 11.8 Å². The van der Waals surface area contributed by atoms with Gasteiger partial charge in [0.1, 0.15) is 0 Å². The first kappa shape index (κ1) is 13.9. The number of hydrogen-bond acceptors (Lipinski definition) is 5. The van der Waals surface area contributed by atoms with Gasteiger partial charge in [-0.1, -0.05) is 0 Å². The van der Waals surface area contributed by atoms with Gasteiger partial charge in [-0.2, -0.15) is 0 Å². The highest BCUT2D eigenvalue weighted by Crippen LogP contribution is 2.39. The standard InChI is InChI=1S/C12H17NO3S/c1-13-7-9(14)8-5-6-10(17-4)12(16-3)11(8)15-2/h5-6,13H,7H2,1-4H3. The van der Waals surface area contributed by atoms with E-state index in [-0.39, 0.29) is 12.3 Å². The number of ketones is 1. The minimum absolute atomic E-state index is 0.0182. The summed E-state index contributed by atoms with van der Waals surface area (Å²) in [4.78, 5) is 12.8. The van der Waals surface area contributed by atoms with Crippen molar-refractivity contribution in [2.24, 2.45) is 0 Å². The normalized spacial score (nSPS) is 10.1. The van der Waals surface area contributed by atoms with E-state index < -0.39 is 0 Å². The molecule has 0 aliphatic rings. The van der Waals surface area contributed by atoms with Crippen LogP contribution in [0, 0.1) is 0 Å². The largest absolute Gasteiger partial charge is 0.492 e. The van der Waals surface area contributed by atoms with E-state index in [1.165, 1.54) is 7.11 Å². The summed E-state index contributed by atoms with van der Waals surface area (Å²) in [5.74, 6) is 1.09. The lowest BCUT2D eigenvalue weighted by Crippen LogP contribution is -2.19. The molecule has 5 heteroatoms. The van der Waals surface area contributed by atoms with Gasteiger partial charge in [0.15, 0.2) is 17.3 Å². The van der Waals surface area contributed by atoms with Crippen LogP contribution < -0.4 is 14.8 Å². The smallest absolute Gasteiger partial charge is 0.180 e. The Morgan fingerprint density at radius 2 is 1.94 bits per heavy atom. The summed E-state index contributed by atoms with van der Waals surface area (Å²) >= 11 is 1.55. The molecule has 0 unspecified atom stereocenters. The maximum Gasteiger partial charge on any atom is 0.180 e. The van der Waals surface area contributed by atoms with E-state index in [0.29, 0.717) is 17.1 Å². The Morgan fingerprint density at radius 1 is 1.29 bits per heavy atom. The molecule has 1 rings (SSSR count). The van der Waals surface area contributed by atoms with Crippen LogP contribution in [0.25, 0.3) is 0 Å². The minimum atomic E-state index is -0.0182. The van der Waals surface area contributed by atoms with Crippen LogP contribution in [0.5, 0.6) is 11.5 Å². The van der Waals surface area contributed by atoms with Crippen LogP contribution in [0.2, 0.25) is 0 Å². The Balaban J connectivity index is 3.27. The molecule has 1 N–H and O–H groups in total. The van der Waals surface area contributed by atoms with Crippen LogP contribution in [0.1, 0.15) is 10.4 Å². The van der Waals surface area contributed by atoms with E-state index >= 15 is 0 Å². The highest BCUT2D eigenvalue weighted by atomic mass is 32.2. The number of methoxy groups -OCH3 is 2. The van der Waals surface area contributed by atoms with Crippen molar-refractivity contribution in [2.75, 3.05) is 34.1 Å². The molecular formula is C12H17NO3S. The first-order valence-electron chi connectivity index (χ1n) is 5.16. The molecule has 1 aromatic carbocycles. The number of carbonyl (C=O) groups is 1.